The maximum absolute atomic E-state index is 11.9. The van der Waals surface area contributed by atoms with Gasteiger partial charge in [-0.2, -0.15) is 0 Å². The zero-order valence-electron chi connectivity index (χ0n) is 11.5. The van der Waals surface area contributed by atoms with Crippen molar-refractivity contribution in [1.82, 2.24) is 5.32 Å². The monoisotopic (exact) mass is 363 g/mol. The third kappa shape index (κ3) is 7.24. The van der Waals surface area contributed by atoms with Gasteiger partial charge in [-0.3, -0.25) is 4.79 Å². The van der Waals surface area contributed by atoms with Crippen molar-refractivity contribution in [3.8, 4) is 0 Å². The van der Waals surface area contributed by atoms with Gasteiger partial charge >= 0.3 is 0 Å². The first-order valence-electron chi connectivity index (χ1n) is 6.44. The number of unbranched alkanes of at least 4 members (excludes halogenated alkanes) is 1. The number of carbonyl (C=O) groups is 1. The molecule has 6 heteroatoms. The Balaban J connectivity index is 2.17. The Hall–Kier alpha value is -0.620. The van der Waals surface area contributed by atoms with E-state index in [1.807, 2.05) is 0 Å². The van der Waals surface area contributed by atoms with E-state index in [1.54, 1.807) is 25.3 Å². The Morgan fingerprint density at radius 2 is 2.05 bits per heavy atom. The Morgan fingerprint density at radius 1 is 1.25 bits per heavy atom. The third-order valence-electron chi connectivity index (χ3n) is 2.56. The SMILES string of the molecule is COCCOCCCCNC(=O)c1cc(Cl)cc(Br)c1. The molecule has 1 amide bonds. The van der Waals surface area contributed by atoms with Crippen molar-refractivity contribution in [2.24, 2.45) is 0 Å². The first-order valence-corrected chi connectivity index (χ1v) is 7.61. The highest BCUT2D eigenvalue weighted by Crippen LogP contribution is 2.19. The minimum absolute atomic E-state index is 0.117. The highest BCUT2D eigenvalue weighted by atomic mass is 79.9. The molecule has 20 heavy (non-hydrogen) atoms. The topological polar surface area (TPSA) is 47.6 Å². The predicted octanol–water partition coefficient (Wildman–Crippen LogP) is 3.28. The second-order valence-electron chi connectivity index (χ2n) is 4.23. The third-order valence-corrected chi connectivity index (χ3v) is 3.23. The van der Waals surface area contributed by atoms with E-state index >= 15 is 0 Å². The van der Waals surface area contributed by atoms with Crippen molar-refractivity contribution in [2.75, 3.05) is 33.5 Å². The van der Waals surface area contributed by atoms with Crippen LogP contribution in [0.4, 0.5) is 0 Å². The molecule has 0 aliphatic carbocycles. The maximum atomic E-state index is 11.9. The number of methoxy groups -OCH3 is 1. The molecule has 0 saturated carbocycles. The number of carbonyl (C=O) groups excluding carboxylic acids is 1. The van der Waals surface area contributed by atoms with Gasteiger partial charge in [-0.25, -0.2) is 0 Å². The van der Waals surface area contributed by atoms with E-state index in [-0.39, 0.29) is 5.91 Å². The lowest BCUT2D eigenvalue weighted by atomic mass is 10.2. The van der Waals surface area contributed by atoms with E-state index in [9.17, 15) is 4.79 Å². The van der Waals surface area contributed by atoms with Gasteiger partial charge in [0, 0.05) is 35.3 Å². The van der Waals surface area contributed by atoms with Crippen LogP contribution in [0.2, 0.25) is 5.02 Å². The van der Waals surface area contributed by atoms with Crippen LogP contribution in [-0.4, -0.2) is 39.4 Å². The molecule has 1 rings (SSSR count). The molecule has 0 atom stereocenters. The average Bonchev–Trinajstić information content (AvgIpc) is 2.40. The Kier molecular flexibility index (Phi) is 8.85. The van der Waals surface area contributed by atoms with Crippen molar-refractivity contribution in [3.05, 3.63) is 33.3 Å². The van der Waals surface area contributed by atoms with Gasteiger partial charge < -0.3 is 14.8 Å². The molecule has 0 radical (unpaired) electrons. The van der Waals surface area contributed by atoms with Crippen LogP contribution in [-0.2, 0) is 9.47 Å². The number of nitrogens with one attached hydrogen (secondary N) is 1. The summed E-state index contributed by atoms with van der Waals surface area (Å²) in [6, 6.07) is 5.14. The van der Waals surface area contributed by atoms with E-state index in [0.29, 0.717) is 37.0 Å². The second-order valence-corrected chi connectivity index (χ2v) is 5.58. The fraction of sp³-hybridized carbons (Fsp3) is 0.500. The minimum Gasteiger partial charge on any atom is -0.382 e. The largest absolute Gasteiger partial charge is 0.382 e. The first-order chi connectivity index (χ1) is 9.63. The van der Waals surface area contributed by atoms with Gasteiger partial charge in [0.1, 0.15) is 0 Å². The molecule has 0 aliphatic rings. The van der Waals surface area contributed by atoms with Gasteiger partial charge in [0.2, 0.25) is 0 Å². The van der Waals surface area contributed by atoms with E-state index in [0.717, 1.165) is 17.3 Å². The van der Waals surface area contributed by atoms with Crippen LogP contribution in [0.1, 0.15) is 23.2 Å². The zero-order chi connectivity index (χ0) is 14.8. The molecular formula is C14H19BrClNO3. The van der Waals surface area contributed by atoms with E-state index < -0.39 is 0 Å². The molecule has 0 spiro atoms. The molecule has 0 unspecified atom stereocenters. The van der Waals surface area contributed by atoms with Crippen molar-refractivity contribution < 1.29 is 14.3 Å². The molecule has 1 aromatic carbocycles. The van der Waals surface area contributed by atoms with Crippen LogP contribution >= 0.6 is 27.5 Å². The molecule has 0 heterocycles. The normalized spacial score (nSPS) is 10.6. The number of amides is 1. The van der Waals surface area contributed by atoms with Crippen molar-refractivity contribution in [3.63, 3.8) is 0 Å². The van der Waals surface area contributed by atoms with Crippen LogP contribution in [0, 0.1) is 0 Å². The summed E-state index contributed by atoms with van der Waals surface area (Å²) in [5, 5.41) is 3.39. The van der Waals surface area contributed by atoms with Gasteiger partial charge in [0.25, 0.3) is 5.91 Å². The van der Waals surface area contributed by atoms with Crippen LogP contribution in [0.15, 0.2) is 22.7 Å². The predicted molar refractivity (Wildman–Crippen MR) is 83.4 cm³/mol. The molecular weight excluding hydrogens is 346 g/mol. The summed E-state index contributed by atoms with van der Waals surface area (Å²) in [4.78, 5) is 11.9. The number of hydrogen-bond acceptors (Lipinski definition) is 3. The lowest BCUT2D eigenvalue weighted by Crippen LogP contribution is -2.24. The first kappa shape index (κ1) is 17.4. The molecule has 4 nitrogen and oxygen atoms in total. The number of halogens is 2. The van der Waals surface area contributed by atoms with Crippen LogP contribution in [0.3, 0.4) is 0 Å². The summed E-state index contributed by atoms with van der Waals surface area (Å²) in [6.07, 6.45) is 1.78. The van der Waals surface area contributed by atoms with Crippen molar-refractivity contribution in [1.29, 1.82) is 0 Å². The van der Waals surface area contributed by atoms with Gasteiger partial charge in [-0.15, -0.1) is 0 Å². The smallest absolute Gasteiger partial charge is 0.251 e. The lowest BCUT2D eigenvalue weighted by Gasteiger charge is -2.07. The molecule has 1 aromatic rings. The van der Waals surface area contributed by atoms with Gasteiger partial charge in [0.05, 0.1) is 13.2 Å². The Labute approximate surface area is 132 Å². The maximum Gasteiger partial charge on any atom is 0.251 e. The Bertz CT molecular complexity index is 409. The van der Waals surface area contributed by atoms with Crippen LogP contribution in [0.25, 0.3) is 0 Å². The number of rotatable bonds is 9. The summed E-state index contributed by atoms with van der Waals surface area (Å²) in [5.74, 6) is -0.117. The molecule has 0 saturated heterocycles. The highest BCUT2D eigenvalue weighted by Gasteiger charge is 2.06. The summed E-state index contributed by atoms with van der Waals surface area (Å²) in [6.45, 7) is 2.53. The van der Waals surface area contributed by atoms with E-state index in [4.69, 9.17) is 21.1 Å². The summed E-state index contributed by atoms with van der Waals surface area (Å²) >= 11 is 9.21. The van der Waals surface area contributed by atoms with E-state index in [2.05, 4.69) is 21.2 Å². The molecule has 0 bridgehead atoms. The summed E-state index contributed by atoms with van der Waals surface area (Å²) < 4.78 is 11.0. The second kappa shape index (κ2) is 10.2. The van der Waals surface area contributed by atoms with Gasteiger partial charge in [-0.05, 0) is 31.0 Å². The van der Waals surface area contributed by atoms with Gasteiger partial charge in [0.15, 0.2) is 0 Å². The number of benzene rings is 1. The quantitative estimate of drug-likeness (QED) is 0.684. The summed E-state index contributed by atoms with van der Waals surface area (Å²) in [7, 11) is 1.65. The fourth-order valence-electron chi connectivity index (χ4n) is 1.56. The Morgan fingerprint density at radius 3 is 2.75 bits per heavy atom. The summed E-state index contributed by atoms with van der Waals surface area (Å²) in [5.41, 5.74) is 0.556. The number of ether oxygens (including phenoxy) is 2. The van der Waals surface area contributed by atoms with Crippen LogP contribution < -0.4 is 5.32 Å². The number of hydrogen-bond donors (Lipinski definition) is 1. The highest BCUT2D eigenvalue weighted by molar-refractivity contribution is 9.10. The molecule has 0 fully saturated rings. The zero-order valence-corrected chi connectivity index (χ0v) is 13.8. The standard InChI is InChI=1S/C14H19BrClNO3/c1-19-6-7-20-5-3-2-4-17-14(18)11-8-12(15)10-13(16)9-11/h8-10H,2-7H2,1H3,(H,17,18). The minimum atomic E-state index is -0.117. The lowest BCUT2D eigenvalue weighted by molar-refractivity contribution is 0.0686. The fourth-order valence-corrected chi connectivity index (χ4v) is 2.42. The van der Waals surface area contributed by atoms with Crippen molar-refractivity contribution in [2.45, 2.75) is 12.8 Å². The molecule has 1 N–H and O–H groups in total. The molecule has 0 aromatic heterocycles. The van der Waals surface area contributed by atoms with Crippen molar-refractivity contribution >= 4 is 33.4 Å². The molecule has 0 aliphatic heterocycles. The van der Waals surface area contributed by atoms with E-state index in [1.165, 1.54) is 0 Å². The molecule has 112 valence electrons. The van der Waals surface area contributed by atoms with Crippen LogP contribution in [0.5, 0.6) is 0 Å². The van der Waals surface area contributed by atoms with Gasteiger partial charge in [-0.1, -0.05) is 27.5 Å². The average molecular weight is 365 g/mol.